The van der Waals surface area contributed by atoms with Crippen LogP contribution in [-0.4, -0.2) is 23.8 Å². The first-order valence-corrected chi connectivity index (χ1v) is 6.78. The van der Waals surface area contributed by atoms with E-state index in [4.69, 9.17) is 4.74 Å². The number of carbonyl (C=O) groups excluding carboxylic acids is 1. The molecule has 5 heteroatoms. The summed E-state index contributed by atoms with van der Waals surface area (Å²) in [6.45, 7) is 5.38. The van der Waals surface area contributed by atoms with Crippen LogP contribution < -0.4 is 10.6 Å². The van der Waals surface area contributed by atoms with Crippen molar-refractivity contribution in [2.45, 2.75) is 44.8 Å². The van der Waals surface area contributed by atoms with Crippen molar-refractivity contribution >= 4 is 11.8 Å². The molecule has 1 aliphatic carbocycles. The van der Waals surface area contributed by atoms with Gasteiger partial charge < -0.3 is 15.2 Å². The van der Waals surface area contributed by atoms with Crippen LogP contribution in [0.3, 0.4) is 0 Å². The molecule has 1 amide bonds. The SMILES string of the molecule is CNC1(c2ccc(O)c(NC(=O)OC(C)(C)C)c2)CC1. The van der Waals surface area contributed by atoms with E-state index in [1.54, 1.807) is 32.9 Å². The van der Waals surface area contributed by atoms with Gasteiger partial charge in [0, 0.05) is 5.54 Å². The van der Waals surface area contributed by atoms with E-state index >= 15 is 0 Å². The fraction of sp³-hybridized carbons (Fsp3) is 0.533. The number of anilines is 1. The highest BCUT2D eigenvalue weighted by Gasteiger charge is 2.42. The number of rotatable bonds is 3. The van der Waals surface area contributed by atoms with Gasteiger partial charge >= 0.3 is 6.09 Å². The maximum absolute atomic E-state index is 11.8. The third-order valence-electron chi connectivity index (χ3n) is 3.41. The maximum atomic E-state index is 11.8. The highest BCUT2D eigenvalue weighted by molar-refractivity contribution is 5.87. The number of hydrogen-bond donors (Lipinski definition) is 3. The van der Waals surface area contributed by atoms with E-state index in [1.807, 2.05) is 13.1 Å². The van der Waals surface area contributed by atoms with Gasteiger partial charge in [-0.3, -0.25) is 5.32 Å². The van der Waals surface area contributed by atoms with Crippen LogP contribution in [-0.2, 0) is 10.3 Å². The van der Waals surface area contributed by atoms with E-state index in [2.05, 4.69) is 10.6 Å². The Morgan fingerprint density at radius 2 is 2.00 bits per heavy atom. The second-order valence-corrected chi connectivity index (χ2v) is 6.19. The van der Waals surface area contributed by atoms with Crippen molar-refractivity contribution in [3.05, 3.63) is 23.8 Å². The highest BCUT2D eigenvalue weighted by atomic mass is 16.6. The minimum Gasteiger partial charge on any atom is -0.506 e. The zero-order valence-electron chi connectivity index (χ0n) is 12.4. The van der Waals surface area contributed by atoms with Gasteiger partial charge in [0.15, 0.2) is 0 Å². The van der Waals surface area contributed by atoms with E-state index in [0.717, 1.165) is 18.4 Å². The number of hydrogen-bond acceptors (Lipinski definition) is 4. The molecule has 1 aliphatic rings. The van der Waals surface area contributed by atoms with Gasteiger partial charge in [-0.05, 0) is 58.4 Å². The van der Waals surface area contributed by atoms with Gasteiger partial charge in [-0.15, -0.1) is 0 Å². The smallest absolute Gasteiger partial charge is 0.412 e. The first-order chi connectivity index (χ1) is 9.26. The Morgan fingerprint density at radius 1 is 1.35 bits per heavy atom. The molecule has 3 N–H and O–H groups in total. The topological polar surface area (TPSA) is 70.6 Å². The molecule has 0 atom stereocenters. The molecule has 1 aromatic rings. The van der Waals surface area contributed by atoms with Gasteiger partial charge in [-0.1, -0.05) is 6.07 Å². The summed E-state index contributed by atoms with van der Waals surface area (Å²) in [5, 5.41) is 15.7. The molecule has 5 nitrogen and oxygen atoms in total. The number of phenolic OH excluding ortho intramolecular Hbond substituents is 1. The van der Waals surface area contributed by atoms with Gasteiger partial charge in [0.1, 0.15) is 11.4 Å². The summed E-state index contributed by atoms with van der Waals surface area (Å²) in [7, 11) is 1.92. The molecule has 0 aliphatic heterocycles. The lowest BCUT2D eigenvalue weighted by Crippen LogP contribution is -2.28. The minimum absolute atomic E-state index is 0.0158. The van der Waals surface area contributed by atoms with Crippen LogP contribution in [0.4, 0.5) is 10.5 Å². The Kier molecular flexibility index (Phi) is 3.65. The average Bonchev–Trinajstić information content (AvgIpc) is 3.10. The predicted octanol–water partition coefficient (Wildman–Crippen LogP) is 2.95. The average molecular weight is 278 g/mol. The van der Waals surface area contributed by atoms with Crippen LogP contribution in [0, 0.1) is 0 Å². The lowest BCUT2D eigenvalue weighted by atomic mass is 10.0. The second kappa shape index (κ2) is 4.98. The van der Waals surface area contributed by atoms with Gasteiger partial charge in [0.25, 0.3) is 0 Å². The summed E-state index contributed by atoms with van der Waals surface area (Å²) >= 11 is 0. The van der Waals surface area contributed by atoms with Crippen molar-refractivity contribution in [3.8, 4) is 5.75 Å². The van der Waals surface area contributed by atoms with E-state index in [1.165, 1.54) is 0 Å². The Labute approximate surface area is 119 Å². The number of amides is 1. The zero-order chi connectivity index (χ0) is 15.0. The summed E-state index contributed by atoms with van der Waals surface area (Å²) in [6, 6.07) is 5.27. The van der Waals surface area contributed by atoms with Crippen LogP contribution in [0.5, 0.6) is 5.75 Å². The van der Waals surface area contributed by atoms with Crippen LogP contribution in [0.15, 0.2) is 18.2 Å². The summed E-state index contributed by atoms with van der Waals surface area (Å²) in [5.74, 6) is 0.0338. The zero-order valence-corrected chi connectivity index (χ0v) is 12.4. The van der Waals surface area contributed by atoms with Gasteiger partial charge in [-0.25, -0.2) is 4.79 Å². The monoisotopic (exact) mass is 278 g/mol. The lowest BCUT2D eigenvalue weighted by Gasteiger charge is -2.21. The Balaban J connectivity index is 2.15. The van der Waals surface area contributed by atoms with Crippen molar-refractivity contribution in [1.29, 1.82) is 0 Å². The predicted molar refractivity (Wildman–Crippen MR) is 77.9 cm³/mol. The molecule has 0 spiro atoms. The molecule has 0 aromatic heterocycles. The minimum atomic E-state index is -0.570. The number of benzene rings is 1. The van der Waals surface area contributed by atoms with E-state index in [-0.39, 0.29) is 11.3 Å². The number of phenols is 1. The third kappa shape index (κ3) is 3.22. The van der Waals surface area contributed by atoms with Gasteiger partial charge in [0.05, 0.1) is 5.69 Å². The molecule has 20 heavy (non-hydrogen) atoms. The quantitative estimate of drug-likeness (QED) is 0.743. The molecule has 1 saturated carbocycles. The van der Waals surface area contributed by atoms with E-state index in [0.29, 0.717) is 5.69 Å². The van der Waals surface area contributed by atoms with Crippen LogP contribution in [0.1, 0.15) is 39.2 Å². The molecule has 0 heterocycles. The van der Waals surface area contributed by atoms with Crippen molar-refractivity contribution in [2.24, 2.45) is 0 Å². The van der Waals surface area contributed by atoms with Gasteiger partial charge in [-0.2, -0.15) is 0 Å². The summed E-state index contributed by atoms with van der Waals surface area (Å²) in [5.41, 5.74) is 0.847. The van der Waals surface area contributed by atoms with Gasteiger partial charge in [0.2, 0.25) is 0 Å². The van der Waals surface area contributed by atoms with Crippen molar-refractivity contribution in [2.75, 3.05) is 12.4 Å². The van der Waals surface area contributed by atoms with Crippen LogP contribution in [0.25, 0.3) is 0 Å². The fourth-order valence-electron chi connectivity index (χ4n) is 2.16. The summed E-state index contributed by atoms with van der Waals surface area (Å²) < 4.78 is 5.19. The van der Waals surface area contributed by atoms with Crippen molar-refractivity contribution in [1.82, 2.24) is 5.32 Å². The summed E-state index contributed by atoms with van der Waals surface area (Å²) in [6.07, 6.45) is 1.54. The molecule has 0 radical (unpaired) electrons. The van der Waals surface area contributed by atoms with Crippen molar-refractivity contribution in [3.63, 3.8) is 0 Å². The Morgan fingerprint density at radius 3 is 2.50 bits per heavy atom. The molecule has 1 aromatic carbocycles. The van der Waals surface area contributed by atoms with E-state index in [9.17, 15) is 9.90 Å². The molecule has 110 valence electrons. The molecule has 0 bridgehead atoms. The number of nitrogens with one attached hydrogen (secondary N) is 2. The lowest BCUT2D eigenvalue weighted by molar-refractivity contribution is 0.0635. The highest BCUT2D eigenvalue weighted by Crippen LogP contribution is 2.46. The maximum Gasteiger partial charge on any atom is 0.412 e. The Hall–Kier alpha value is -1.75. The standard InChI is InChI=1S/C15H22N2O3/c1-14(2,3)20-13(19)17-11-9-10(5-6-12(11)18)15(16-4)7-8-15/h5-6,9,16,18H,7-8H2,1-4H3,(H,17,19). The first-order valence-electron chi connectivity index (χ1n) is 6.78. The number of aromatic hydroxyl groups is 1. The number of carbonyl (C=O) groups is 1. The largest absolute Gasteiger partial charge is 0.506 e. The number of ether oxygens (including phenoxy) is 1. The normalized spacial score (nSPS) is 16.6. The second-order valence-electron chi connectivity index (χ2n) is 6.19. The molecule has 0 unspecified atom stereocenters. The molecule has 1 fully saturated rings. The van der Waals surface area contributed by atoms with Crippen LogP contribution in [0.2, 0.25) is 0 Å². The molecular formula is C15H22N2O3. The molecule has 0 saturated heterocycles. The summed E-state index contributed by atoms with van der Waals surface area (Å²) in [4.78, 5) is 11.8. The van der Waals surface area contributed by atoms with E-state index < -0.39 is 11.7 Å². The fourth-order valence-corrected chi connectivity index (χ4v) is 2.16. The molecule has 2 rings (SSSR count). The van der Waals surface area contributed by atoms with Crippen LogP contribution >= 0.6 is 0 Å². The third-order valence-corrected chi connectivity index (χ3v) is 3.41. The Bertz CT molecular complexity index is 516. The first kappa shape index (κ1) is 14.7. The van der Waals surface area contributed by atoms with Crippen molar-refractivity contribution < 1.29 is 14.6 Å². The molecular weight excluding hydrogens is 256 g/mol.